The molecule has 0 spiro atoms. The van der Waals surface area contributed by atoms with Gasteiger partial charge in [0.2, 0.25) is 5.91 Å². The fourth-order valence-electron chi connectivity index (χ4n) is 4.97. The molecule has 0 unspecified atom stereocenters. The Bertz CT molecular complexity index is 664. The molecule has 2 rings (SSSR count). The van der Waals surface area contributed by atoms with Gasteiger partial charge >= 0.3 is 5.97 Å². The number of ether oxygens (including phenoxy) is 1. The lowest BCUT2D eigenvalue weighted by atomic mass is 9.71. The van der Waals surface area contributed by atoms with Crippen molar-refractivity contribution < 1.29 is 14.3 Å². The zero-order chi connectivity index (χ0) is 22.4. The molecule has 1 N–H and O–H groups in total. The van der Waals surface area contributed by atoms with E-state index in [1.165, 1.54) is 6.42 Å². The maximum Gasteiger partial charge on any atom is 0.306 e. The molecule has 0 heterocycles. The molecule has 0 aliphatic heterocycles. The Morgan fingerprint density at radius 3 is 2.07 bits per heavy atom. The van der Waals surface area contributed by atoms with Crippen molar-refractivity contribution >= 4 is 11.9 Å². The number of hydrogen-bond acceptors (Lipinski definition) is 3. The van der Waals surface area contributed by atoms with Crippen molar-refractivity contribution in [3.05, 3.63) is 35.9 Å². The first-order chi connectivity index (χ1) is 14.0. The van der Waals surface area contributed by atoms with Gasteiger partial charge in [-0.2, -0.15) is 0 Å². The number of carbonyl (C=O) groups excluding carboxylic acids is 2. The van der Waals surface area contributed by atoms with E-state index in [4.69, 9.17) is 4.74 Å². The second-order valence-electron chi connectivity index (χ2n) is 11.0. The lowest BCUT2D eigenvalue weighted by Gasteiger charge is -2.42. The molecular formula is C26H41NO3. The van der Waals surface area contributed by atoms with Gasteiger partial charge in [0.1, 0.15) is 6.61 Å². The fraction of sp³-hybridized carbons (Fsp3) is 0.692. The number of rotatable bonds is 7. The Balaban J connectivity index is 2.09. The van der Waals surface area contributed by atoms with Gasteiger partial charge in [0.05, 0.1) is 12.3 Å². The van der Waals surface area contributed by atoms with E-state index in [1.807, 2.05) is 30.3 Å². The minimum atomic E-state index is -0.319. The van der Waals surface area contributed by atoms with Crippen LogP contribution in [0, 0.1) is 22.7 Å². The topological polar surface area (TPSA) is 55.4 Å². The number of hydrogen-bond donors (Lipinski definition) is 1. The van der Waals surface area contributed by atoms with Gasteiger partial charge in [-0.1, -0.05) is 91.1 Å². The van der Waals surface area contributed by atoms with Crippen LogP contribution in [0.4, 0.5) is 0 Å². The van der Waals surface area contributed by atoms with Crippen molar-refractivity contribution in [3.63, 3.8) is 0 Å². The number of carbonyl (C=O) groups is 2. The Kier molecular flexibility index (Phi) is 8.52. The normalized spacial score (nSPS) is 16.9. The van der Waals surface area contributed by atoms with Crippen LogP contribution in [0.1, 0.15) is 85.6 Å². The second-order valence-corrected chi connectivity index (χ2v) is 11.0. The van der Waals surface area contributed by atoms with Gasteiger partial charge in [-0.05, 0) is 35.2 Å². The first-order valence-electron chi connectivity index (χ1n) is 11.5. The van der Waals surface area contributed by atoms with Gasteiger partial charge in [0, 0.05) is 6.04 Å². The summed E-state index contributed by atoms with van der Waals surface area (Å²) in [5, 5.41) is 3.33. The highest BCUT2D eigenvalue weighted by molar-refractivity contribution is 5.84. The van der Waals surface area contributed by atoms with Gasteiger partial charge in [-0.15, -0.1) is 0 Å². The molecule has 0 radical (unpaired) electrons. The van der Waals surface area contributed by atoms with Crippen LogP contribution < -0.4 is 5.32 Å². The first kappa shape index (κ1) is 24.4. The van der Waals surface area contributed by atoms with Crippen LogP contribution in [0.2, 0.25) is 0 Å². The summed E-state index contributed by atoms with van der Waals surface area (Å²) in [6, 6.07) is 9.70. The van der Waals surface area contributed by atoms with E-state index in [0.717, 1.165) is 31.2 Å². The van der Waals surface area contributed by atoms with E-state index in [9.17, 15) is 9.59 Å². The molecule has 0 bridgehead atoms. The molecule has 1 atom stereocenters. The Morgan fingerprint density at radius 2 is 1.53 bits per heavy atom. The highest BCUT2D eigenvalue weighted by Gasteiger charge is 2.39. The van der Waals surface area contributed by atoms with E-state index in [0.29, 0.717) is 0 Å². The lowest BCUT2D eigenvalue weighted by Crippen LogP contribution is -2.54. The van der Waals surface area contributed by atoms with Crippen LogP contribution in [0.3, 0.4) is 0 Å². The molecule has 1 aromatic carbocycles. The van der Waals surface area contributed by atoms with E-state index >= 15 is 0 Å². The van der Waals surface area contributed by atoms with E-state index in [2.05, 4.69) is 46.9 Å². The molecule has 0 saturated heterocycles. The summed E-state index contributed by atoms with van der Waals surface area (Å²) in [6.07, 6.45) is 5.67. The summed E-state index contributed by atoms with van der Waals surface area (Å²) < 4.78 is 5.52. The van der Waals surface area contributed by atoms with Crippen LogP contribution in [0.15, 0.2) is 30.3 Å². The van der Waals surface area contributed by atoms with Crippen LogP contribution in [0.5, 0.6) is 0 Å². The van der Waals surface area contributed by atoms with Gasteiger partial charge < -0.3 is 10.1 Å². The van der Waals surface area contributed by atoms with E-state index < -0.39 is 0 Å². The lowest BCUT2D eigenvalue weighted by molar-refractivity contribution is -0.149. The van der Waals surface area contributed by atoms with Crippen molar-refractivity contribution in [2.24, 2.45) is 22.7 Å². The predicted octanol–water partition coefficient (Wildman–Crippen LogP) is 5.89. The molecule has 1 fully saturated rings. The monoisotopic (exact) mass is 415 g/mol. The summed E-state index contributed by atoms with van der Waals surface area (Å²) in [6.45, 7) is 13.2. The average molecular weight is 416 g/mol. The molecule has 4 nitrogen and oxygen atoms in total. The van der Waals surface area contributed by atoms with Crippen LogP contribution in [-0.4, -0.2) is 17.9 Å². The summed E-state index contributed by atoms with van der Waals surface area (Å²) >= 11 is 0. The number of benzene rings is 1. The predicted molar refractivity (Wildman–Crippen MR) is 122 cm³/mol. The third kappa shape index (κ3) is 7.45. The third-order valence-electron chi connectivity index (χ3n) is 6.20. The van der Waals surface area contributed by atoms with Crippen molar-refractivity contribution in [2.75, 3.05) is 0 Å². The highest BCUT2D eigenvalue weighted by Crippen LogP contribution is 2.36. The van der Waals surface area contributed by atoms with Gasteiger partial charge in [0.15, 0.2) is 0 Å². The smallest absolute Gasteiger partial charge is 0.306 e. The molecular weight excluding hydrogens is 374 g/mol. The molecule has 1 aliphatic carbocycles. The van der Waals surface area contributed by atoms with E-state index in [-0.39, 0.29) is 53.6 Å². The van der Waals surface area contributed by atoms with Gasteiger partial charge in [0.25, 0.3) is 0 Å². The molecule has 30 heavy (non-hydrogen) atoms. The van der Waals surface area contributed by atoms with Gasteiger partial charge in [-0.3, -0.25) is 9.59 Å². The third-order valence-corrected chi connectivity index (χ3v) is 6.20. The Morgan fingerprint density at radius 1 is 0.967 bits per heavy atom. The molecule has 1 amide bonds. The van der Waals surface area contributed by atoms with Crippen LogP contribution in [-0.2, 0) is 20.9 Å². The van der Waals surface area contributed by atoms with E-state index in [1.54, 1.807) is 0 Å². The molecule has 1 aliphatic rings. The summed E-state index contributed by atoms with van der Waals surface area (Å²) in [7, 11) is 0. The highest BCUT2D eigenvalue weighted by atomic mass is 16.5. The van der Waals surface area contributed by atoms with Crippen LogP contribution in [0.25, 0.3) is 0 Å². The summed E-state index contributed by atoms with van der Waals surface area (Å²) in [4.78, 5) is 26.1. The summed E-state index contributed by atoms with van der Waals surface area (Å²) in [5.41, 5.74) is 0.822. The first-order valence-corrected chi connectivity index (χ1v) is 11.5. The van der Waals surface area contributed by atoms with Crippen molar-refractivity contribution in [2.45, 2.75) is 92.7 Å². The molecule has 168 valence electrons. The Labute approximate surface area is 183 Å². The fourth-order valence-corrected chi connectivity index (χ4v) is 4.97. The molecule has 0 aromatic heterocycles. The minimum absolute atomic E-state index is 0.00779. The molecule has 4 heteroatoms. The SMILES string of the molecule is CC(C)(C)C(NC(=O)[C@@H](CC(=O)OCc1ccccc1)C1CCCCC1)C(C)(C)C. The van der Waals surface area contributed by atoms with Crippen molar-refractivity contribution in [3.8, 4) is 0 Å². The van der Waals surface area contributed by atoms with Crippen molar-refractivity contribution in [1.82, 2.24) is 5.32 Å². The van der Waals surface area contributed by atoms with Crippen molar-refractivity contribution in [1.29, 1.82) is 0 Å². The standard InChI is InChI=1S/C26H41NO3/c1-25(2,3)24(26(4,5)6)27-23(29)21(20-15-11-8-12-16-20)17-22(28)30-18-19-13-9-7-10-14-19/h7,9-10,13-14,20-21,24H,8,11-12,15-18H2,1-6H3,(H,27,29)/t21-/m0/s1. The molecule has 1 saturated carbocycles. The minimum Gasteiger partial charge on any atom is -0.461 e. The average Bonchev–Trinajstić information content (AvgIpc) is 2.68. The summed E-state index contributed by atoms with van der Waals surface area (Å²) in [5.74, 6) is -0.342. The zero-order valence-electron chi connectivity index (χ0n) is 19.8. The maximum atomic E-state index is 13.4. The molecule has 1 aromatic rings. The Hall–Kier alpha value is -1.84. The number of amides is 1. The maximum absolute atomic E-state index is 13.4. The zero-order valence-corrected chi connectivity index (χ0v) is 19.8. The largest absolute Gasteiger partial charge is 0.461 e. The number of nitrogens with one attached hydrogen (secondary N) is 1. The second kappa shape index (κ2) is 10.5. The van der Waals surface area contributed by atoms with Crippen LogP contribution >= 0.6 is 0 Å². The number of esters is 1. The van der Waals surface area contributed by atoms with Gasteiger partial charge in [-0.25, -0.2) is 0 Å². The quantitative estimate of drug-likeness (QED) is 0.565.